The first-order valence-electron chi connectivity index (χ1n) is 9.42. The van der Waals surface area contributed by atoms with Gasteiger partial charge in [0.25, 0.3) is 0 Å². The number of aliphatic imine (C=N–C) groups is 1. The third-order valence-corrected chi connectivity index (χ3v) is 6.48. The Morgan fingerprint density at radius 2 is 1.79 bits per heavy atom. The van der Waals surface area contributed by atoms with Crippen LogP contribution in [0.1, 0.15) is 11.1 Å². The third kappa shape index (κ3) is 5.27. The van der Waals surface area contributed by atoms with Crippen LogP contribution in [0.15, 0.2) is 86.8 Å². The fourth-order valence-corrected chi connectivity index (χ4v) is 4.39. The Kier molecular flexibility index (Phi) is 6.55. The van der Waals surface area contributed by atoms with Crippen molar-refractivity contribution in [2.24, 2.45) is 4.99 Å². The van der Waals surface area contributed by atoms with Crippen LogP contribution in [-0.2, 0) is 19.6 Å². The van der Waals surface area contributed by atoms with Gasteiger partial charge in [-0.3, -0.25) is 0 Å². The van der Waals surface area contributed by atoms with E-state index in [1.54, 1.807) is 24.3 Å². The summed E-state index contributed by atoms with van der Waals surface area (Å²) in [5, 5.41) is 0.403. The van der Waals surface area contributed by atoms with Crippen molar-refractivity contribution in [1.82, 2.24) is 0 Å². The maximum absolute atomic E-state index is 12.6. The molecular formula is C23H15BrClNO6S. The highest BCUT2D eigenvalue weighted by Crippen LogP contribution is 2.32. The normalized spacial score (nSPS) is 14.7. The molecule has 1 aliphatic rings. The van der Waals surface area contributed by atoms with E-state index in [0.29, 0.717) is 16.1 Å². The summed E-state index contributed by atoms with van der Waals surface area (Å²) in [5.41, 5.74) is 1.28. The number of nitrogens with zero attached hydrogens (tertiary/aromatic N) is 1. The molecule has 3 aromatic carbocycles. The lowest BCUT2D eigenvalue weighted by molar-refractivity contribution is -0.129. The van der Waals surface area contributed by atoms with Gasteiger partial charge < -0.3 is 13.7 Å². The van der Waals surface area contributed by atoms with E-state index in [4.69, 9.17) is 25.3 Å². The highest BCUT2D eigenvalue weighted by molar-refractivity contribution is 9.10. The fraction of sp³-hybridized carbons (Fsp3) is 0.0435. The maximum Gasteiger partial charge on any atom is 0.363 e. The molecule has 0 aromatic heterocycles. The molecule has 0 radical (unpaired) electrons. The van der Waals surface area contributed by atoms with Crippen molar-refractivity contribution in [2.45, 2.75) is 4.90 Å². The van der Waals surface area contributed by atoms with Gasteiger partial charge in [0.15, 0.2) is 17.2 Å². The summed E-state index contributed by atoms with van der Waals surface area (Å²) in [6.45, 7) is 0. The first-order valence-corrected chi connectivity index (χ1v) is 12.0. The first kappa shape index (κ1) is 23.0. The maximum atomic E-state index is 12.6. The SMILES string of the molecule is COc1cc(/C=C2\N=C(c3cccc(Br)c3)OC2=O)ccc1OS(=O)(=O)c1ccc(Cl)cc1. The number of benzene rings is 3. The monoisotopic (exact) mass is 547 g/mol. The van der Waals surface area contributed by atoms with Crippen molar-refractivity contribution in [3.63, 3.8) is 0 Å². The lowest BCUT2D eigenvalue weighted by atomic mass is 10.1. The molecule has 0 bridgehead atoms. The van der Waals surface area contributed by atoms with Crippen LogP contribution in [0.25, 0.3) is 6.08 Å². The van der Waals surface area contributed by atoms with Gasteiger partial charge in [-0.2, -0.15) is 8.42 Å². The molecule has 0 fully saturated rings. The molecule has 0 unspecified atom stereocenters. The predicted molar refractivity (Wildman–Crippen MR) is 127 cm³/mol. The third-order valence-electron chi connectivity index (χ3n) is 4.48. The molecule has 1 aliphatic heterocycles. The number of carbonyl (C=O) groups excluding carboxylic acids is 1. The molecule has 4 rings (SSSR count). The number of methoxy groups -OCH3 is 1. The van der Waals surface area contributed by atoms with Crippen molar-refractivity contribution in [3.8, 4) is 11.5 Å². The Labute approximate surface area is 203 Å². The van der Waals surface area contributed by atoms with Gasteiger partial charge in [0, 0.05) is 15.1 Å². The molecule has 0 amide bonds. The van der Waals surface area contributed by atoms with E-state index in [-0.39, 0.29) is 28.0 Å². The summed E-state index contributed by atoms with van der Waals surface area (Å²) in [7, 11) is -2.73. The van der Waals surface area contributed by atoms with Crippen molar-refractivity contribution in [1.29, 1.82) is 0 Å². The molecule has 7 nitrogen and oxygen atoms in total. The largest absolute Gasteiger partial charge is 0.493 e. The number of carbonyl (C=O) groups is 1. The van der Waals surface area contributed by atoms with Crippen LogP contribution in [0, 0.1) is 0 Å². The van der Waals surface area contributed by atoms with Crippen molar-refractivity contribution >= 4 is 55.6 Å². The standard InChI is InChI=1S/C23H15BrClNO6S/c1-30-21-12-14(5-10-20(21)32-33(28,29)18-8-6-17(25)7-9-18)11-19-23(27)31-22(26-19)15-3-2-4-16(24)13-15/h2-13H,1H3/b19-11-. The van der Waals surface area contributed by atoms with Gasteiger partial charge in [-0.1, -0.05) is 39.7 Å². The summed E-state index contributed by atoms with van der Waals surface area (Å²) in [5.74, 6) is -0.269. The Hall–Kier alpha value is -3.14. The van der Waals surface area contributed by atoms with Gasteiger partial charge in [-0.05, 0) is 66.2 Å². The number of ether oxygens (including phenoxy) is 2. The van der Waals surface area contributed by atoms with Crippen LogP contribution in [0.3, 0.4) is 0 Å². The lowest BCUT2D eigenvalue weighted by Gasteiger charge is -2.11. The topological polar surface area (TPSA) is 91.3 Å². The van der Waals surface area contributed by atoms with Crippen molar-refractivity contribution < 1.29 is 26.9 Å². The molecule has 0 aliphatic carbocycles. The Morgan fingerprint density at radius 1 is 1.03 bits per heavy atom. The average molecular weight is 549 g/mol. The zero-order valence-electron chi connectivity index (χ0n) is 17.0. The van der Waals surface area contributed by atoms with Gasteiger partial charge in [0.2, 0.25) is 5.90 Å². The number of hydrogen-bond acceptors (Lipinski definition) is 7. The molecular weight excluding hydrogens is 534 g/mol. The first-order chi connectivity index (χ1) is 15.7. The minimum atomic E-state index is -4.10. The molecule has 1 heterocycles. The van der Waals surface area contributed by atoms with Gasteiger partial charge in [-0.15, -0.1) is 0 Å². The summed E-state index contributed by atoms with van der Waals surface area (Å²) in [6.07, 6.45) is 1.51. The van der Waals surface area contributed by atoms with Crippen molar-refractivity contribution in [3.05, 3.63) is 93.0 Å². The second-order valence-corrected chi connectivity index (χ2v) is 9.65. The molecule has 0 N–H and O–H groups in total. The van der Waals surface area contributed by atoms with E-state index in [2.05, 4.69) is 20.9 Å². The van der Waals surface area contributed by atoms with Gasteiger partial charge in [0.05, 0.1) is 7.11 Å². The van der Waals surface area contributed by atoms with E-state index in [1.165, 1.54) is 49.6 Å². The molecule has 168 valence electrons. The number of cyclic esters (lactones) is 1. The Balaban J connectivity index is 1.61. The zero-order valence-corrected chi connectivity index (χ0v) is 20.1. The van der Waals surface area contributed by atoms with E-state index >= 15 is 0 Å². The molecule has 0 spiro atoms. The van der Waals surface area contributed by atoms with Crippen LogP contribution in [0.2, 0.25) is 5.02 Å². The van der Waals surface area contributed by atoms with Crippen LogP contribution < -0.4 is 8.92 Å². The average Bonchev–Trinajstić information content (AvgIpc) is 3.15. The van der Waals surface area contributed by atoms with Gasteiger partial charge in [0.1, 0.15) is 4.90 Å². The zero-order chi connectivity index (χ0) is 23.6. The van der Waals surface area contributed by atoms with Crippen LogP contribution in [0.5, 0.6) is 11.5 Å². The molecule has 3 aromatic rings. The second-order valence-electron chi connectivity index (χ2n) is 6.75. The van der Waals surface area contributed by atoms with Crippen LogP contribution in [-0.4, -0.2) is 27.4 Å². The highest BCUT2D eigenvalue weighted by Gasteiger charge is 2.25. The number of hydrogen-bond donors (Lipinski definition) is 0. The summed E-state index contributed by atoms with van der Waals surface area (Å²) < 4.78 is 41.8. The number of rotatable bonds is 6. The highest BCUT2D eigenvalue weighted by atomic mass is 79.9. The Bertz CT molecular complexity index is 1400. The lowest BCUT2D eigenvalue weighted by Crippen LogP contribution is -2.10. The van der Waals surface area contributed by atoms with E-state index in [1.807, 2.05) is 6.07 Å². The minimum Gasteiger partial charge on any atom is -0.493 e. The van der Waals surface area contributed by atoms with E-state index in [9.17, 15) is 13.2 Å². The van der Waals surface area contributed by atoms with Gasteiger partial charge >= 0.3 is 16.1 Å². The second kappa shape index (κ2) is 9.38. The fourth-order valence-electron chi connectivity index (χ4n) is 2.92. The minimum absolute atomic E-state index is 0.0121. The van der Waals surface area contributed by atoms with E-state index < -0.39 is 16.1 Å². The quantitative estimate of drug-likeness (QED) is 0.238. The predicted octanol–water partition coefficient (Wildman–Crippen LogP) is 5.22. The molecule has 0 saturated carbocycles. The smallest absolute Gasteiger partial charge is 0.363 e. The van der Waals surface area contributed by atoms with Crippen molar-refractivity contribution in [2.75, 3.05) is 7.11 Å². The van der Waals surface area contributed by atoms with Crippen LogP contribution >= 0.6 is 27.5 Å². The number of halogens is 2. The molecule has 10 heteroatoms. The summed E-state index contributed by atoms with van der Waals surface area (Å²) in [4.78, 5) is 16.5. The Morgan fingerprint density at radius 3 is 2.48 bits per heavy atom. The number of esters is 1. The molecule has 33 heavy (non-hydrogen) atoms. The van der Waals surface area contributed by atoms with Crippen LogP contribution in [0.4, 0.5) is 0 Å². The summed E-state index contributed by atoms with van der Waals surface area (Å²) >= 11 is 9.18. The molecule has 0 saturated heterocycles. The molecule has 0 atom stereocenters. The van der Waals surface area contributed by atoms with Gasteiger partial charge in [-0.25, -0.2) is 9.79 Å². The van der Waals surface area contributed by atoms with E-state index in [0.717, 1.165) is 4.47 Å². The summed E-state index contributed by atoms with van der Waals surface area (Å²) in [6, 6.07) is 17.3.